The van der Waals surface area contributed by atoms with Crippen LogP contribution in [0.4, 0.5) is 13.2 Å². The van der Waals surface area contributed by atoms with Gasteiger partial charge in [0.25, 0.3) is 0 Å². The number of ether oxygens (including phenoxy) is 1. The number of alkyl halides is 3. The largest absolute Gasteiger partial charge is 0.487 e. The molecule has 0 heterocycles. The fourth-order valence-electron chi connectivity index (χ4n) is 1.04. The van der Waals surface area contributed by atoms with Crippen LogP contribution in [0.15, 0.2) is 29.4 Å². The molecule has 0 unspecified atom stereocenters. The zero-order valence-electron chi connectivity index (χ0n) is 8.45. The average Bonchev–Trinajstić information content (AvgIpc) is 2.25. The van der Waals surface area contributed by atoms with Crippen LogP contribution in [0.25, 0.3) is 0 Å². The summed E-state index contributed by atoms with van der Waals surface area (Å²) in [5.74, 6) is -0.280. The van der Waals surface area contributed by atoms with E-state index in [1.54, 1.807) is 0 Å². The first-order valence-electron chi connectivity index (χ1n) is 4.41. The van der Waals surface area contributed by atoms with Gasteiger partial charge in [-0.15, -0.1) is 0 Å². The van der Waals surface area contributed by atoms with Crippen molar-refractivity contribution in [3.05, 3.63) is 29.8 Å². The maximum atomic E-state index is 12.5. The summed E-state index contributed by atoms with van der Waals surface area (Å²) in [7, 11) is 0. The molecule has 1 aromatic carbocycles. The number of benzene rings is 1. The van der Waals surface area contributed by atoms with Crippen molar-refractivity contribution in [3.8, 4) is 5.75 Å². The summed E-state index contributed by atoms with van der Waals surface area (Å²) < 4.78 is 42.4. The molecule has 0 aliphatic heterocycles. The highest BCUT2D eigenvalue weighted by atomic mass is 19.4. The van der Waals surface area contributed by atoms with Crippen molar-refractivity contribution >= 4 is 5.71 Å². The highest BCUT2D eigenvalue weighted by Gasteiger charge is 2.33. The van der Waals surface area contributed by atoms with E-state index in [0.717, 1.165) is 6.07 Å². The maximum absolute atomic E-state index is 12.5. The van der Waals surface area contributed by atoms with Crippen LogP contribution in [-0.2, 0) is 6.18 Å². The van der Waals surface area contributed by atoms with Crippen LogP contribution in [0.3, 0.4) is 0 Å². The third-order valence-electron chi connectivity index (χ3n) is 1.80. The SMILES string of the molecule is C/C(COc1ccccc1C(F)(F)F)=N\O. The van der Waals surface area contributed by atoms with Crippen LogP contribution >= 0.6 is 0 Å². The summed E-state index contributed by atoms with van der Waals surface area (Å²) in [5, 5.41) is 11.1. The monoisotopic (exact) mass is 233 g/mol. The smallest absolute Gasteiger partial charge is 0.419 e. The minimum absolute atomic E-state index is 0.191. The van der Waals surface area contributed by atoms with E-state index in [9.17, 15) is 13.2 Å². The van der Waals surface area contributed by atoms with Crippen LogP contribution in [0.2, 0.25) is 0 Å². The quantitative estimate of drug-likeness (QED) is 0.495. The van der Waals surface area contributed by atoms with E-state index in [0.29, 0.717) is 0 Å². The van der Waals surface area contributed by atoms with Gasteiger partial charge in [0.05, 0.1) is 11.3 Å². The Balaban J connectivity index is 2.88. The number of hydrogen-bond acceptors (Lipinski definition) is 3. The van der Waals surface area contributed by atoms with Crippen molar-refractivity contribution in [2.24, 2.45) is 5.16 Å². The first-order chi connectivity index (χ1) is 7.45. The second-order valence-electron chi connectivity index (χ2n) is 3.12. The summed E-state index contributed by atoms with van der Waals surface area (Å²) in [4.78, 5) is 0. The molecule has 0 amide bonds. The van der Waals surface area contributed by atoms with Crippen molar-refractivity contribution in [2.75, 3.05) is 6.61 Å². The Hall–Kier alpha value is -1.72. The molecular formula is C10H10F3NO2. The van der Waals surface area contributed by atoms with Crippen molar-refractivity contribution in [2.45, 2.75) is 13.1 Å². The van der Waals surface area contributed by atoms with Gasteiger partial charge < -0.3 is 9.94 Å². The molecular weight excluding hydrogens is 223 g/mol. The molecule has 1 N–H and O–H groups in total. The first-order valence-corrected chi connectivity index (χ1v) is 4.41. The number of nitrogens with zero attached hydrogens (tertiary/aromatic N) is 1. The lowest BCUT2D eigenvalue weighted by Gasteiger charge is -2.12. The lowest BCUT2D eigenvalue weighted by molar-refractivity contribution is -0.138. The van der Waals surface area contributed by atoms with Crippen molar-refractivity contribution in [1.82, 2.24) is 0 Å². The van der Waals surface area contributed by atoms with Crippen LogP contribution in [-0.4, -0.2) is 17.5 Å². The normalized spacial score (nSPS) is 12.6. The van der Waals surface area contributed by atoms with E-state index >= 15 is 0 Å². The van der Waals surface area contributed by atoms with E-state index < -0.39 is 11.7 Å². The molecule has 0 radical (unpaired) electrons. The summed E-state index contributed by atoms with van der Waals surface area (Å²) in [6.45, 7) is 1.25. The number of rotatable bonds is 3. The number of oxime groups is 1. The Morgan fingerprint density at radius 3 is 2.56 bits per heavy atom. The standard InChI is InChI=1S/C10H10F3NO2/c1-7(14-15)6-16-9-5-3-2-4-8(9)10(11,12)13/h2-5,15H,6H2,1H3/b14-7+. The van der Waals surface area contributed by atoms with Gasteiger partial charge in [-0.25, -0.2) is 0 Å². The number of para-hydroxylation sites is 1. The van der Waals surface area contributed by atoms with E-state index in [4.69, 9.17) is 9.94 Å². The third-order valence-corrected chi connectivity index (χ3v) is 1.80. The molecule has 0 aliphatic rings. The zero-order chi connectivity index (χ0) is 12.2. The molecule has 3 nitrogen and oxygen atoms in total. The minimum atomic E-state index is -4.46. The Kier molecular flexibility index (Phi) is 3.76. The van der Waals surface area contributed by atoms with Crippen LogP contribution in [0.5, 0.6) is 5.75 Å². The molecule has 16 heavy (non-hydrogen) atoms. The minimum Gasteiger partial charge on any atom is -0.487 e. The summed E-state index contributed by atoms with van der Waals surface area (Å²) in [5.41, 5.74) is -0.655. The van der Waals surface area contributed by atoms with Gasteiger partial charge in [-0.3, -0.25) is 0 Å². The number of hydrogen-bond donors (Lipinski definition) is 1. The van der Waals surface area contributed by atoms with Crippen molar-refractivity contribution in [3.63, 3.8) is 0 Å². The predicted octanol–water partition coefficient (Wildman–Crippen LogP) is 2.93. The van der Waals surface area contributed by atoms with Gasteiger partial charge in [0, 0.05) is 0 Å². The van der Waals surface area contributed by atoms with Crippen molar-refractivity contribution < 1.29 is 23.1 Å². The molecule has 0 bridgehead atoms. The predicted molar refractivity (Wildman–Crippen MR) is 51.8 cm³/mol. The second kappa shape index (κ2) is 4.87. The van der Waals surface area contributed by atoms with Gasteiger partial charge in [0.1, 0.15) is 12.4 Å². The highest BCUT2D eigenvalue weighted by Crippen LogP contribution is 2.35. The average molecular weight is 233 g/mol. The van der Waals surface area contributed by atoms with Gasteiger partial charge in [-0.1, -0.05) is 17.3 Å². The maximum Gasteiger partial charge on any atom is 0.419 e. The lowest BCUT2D eigenvalue weighted by atomic mass is 10.2. The summed E-state index contributed by atoms with van der Waals surface area (Å²) >= 11 is 0. The van der Waals surface area contributed by atoms with Gasteiger partial charge in [0.2, 0.25) is 0 Å². The summed E-state index contributed by atoms with van der Waals surface area (Å²) in [6, 6.07) is 4.87. The Labute approximate surface area is 90.1 Å². The lowest BCUT2D eigenvalue weighted by Crippen LogP contribution is -2.12. The molecule has 0 aliphatic carbocycles. The fourth-order valence-corrected chi connectivity index (χ4v) is 1.04. The fraction of sp³-hybridized carbons (Fsp3) is 0.300. The Morgan fingerprint density at radius 1 is 1.38 bits per heavy atom. The molecule has 0 saturated carbocycles. The molecule has 6 heteroatoms. The van der Waals surface area contributed by atoms with E-state index in [2.05, 4.69) is 5.16 Å². The number of halogens is 3. The molecule has 0 atom stereocenters. The molecule has 0 spiro atoms. The molecule has 0 fully saturated rings. The molecule has 0 saturated heterocycles. The van der Waals surface area contributed by atoms with Crippen LogP contribution in [0.1, 0.15) is 12.5 Å². The topological polar surface area (TPSA) is 41.8 Å². The Morgan fingerprint density at radius 2 is 2.00 bits per heavy atom. The first kappa shape index (κ1) is 12.4. The highest BCUT2D eigenvalue weighted by molar-refractivity contribution is 5.82. The van der Waals surface area contributed by atoms with Crippen LogP contribution in [0, 0.1) is 0 Å². The Bertz CT molecular complexity index is 388. The van der Waals surface area contributed by atoms with Gasteiger partial charge >= 0.3 is 6.18 Å². The van der Waals surface area contributed by atoms with Gasteiger partial charge in [-0.2, -0.15) is 13.2 Å². The van der Waals surface area contributed by atoms with Crippen LogP contribution < -0.4 is 4.74 Å². The van der Waals surface area contributed by atoms with E-state index in [-0.39, 0.29) is 18.1 Å². The van der Waals surface area contributed by atoms with Gasteiger partial charge in [-0.05, 0) is 19.1 Å². The summed E-state index contributed by atoms with van der Waals surface area (Å²) in [6.07, 6.45) is -4.46. The second-order valence-corrected chi connectivity index (χ2v) is 3.12. The zero-order valence-corrected chi connectivity index (χ0v) is 8.45. The molecule has 88 valence electrons. The molecule has 1 rings (SSSR count). The van der Waals surface area contributed by atoms with E-state index in [1.807, 2.05) is 0 Å². The van der Waals surface area contributed by atoms with E-state index in [1.165, 1.54) is 25.1 Å². The third kappa shape index (κ3) is 3.15. The molecule has 1 aromatic rings. The molecule has 0 aromatic heterocycles. The van der Waals surface area contributed by atoms with Gasteiger partial charge in [0.15, 0.2) is 0 Å². The van der Waals surface area contributed by atoms with Crippen molar-refractivity contribution in [1.29, 1.82) is 0 Å².